The quantitative estimate of drug-likeness (QED) is 0.530. The van der Waals surface area contributed by atoms with Gasteiger partial charge in [-0.1, -0.05) is 7.43 Å². The van der Waals surface area contributed by atoms with E-state index in [4.69, 9.17) is 4.74 Å². The second-order valence-electron chi connectivity index (χ2n) is 2.51. The zero-order valence-corrected chi connectivity index (χ0v) is 5.48. The first-order chi connectivity index (χ1) is 3.79. The SMILES string of the molecule is C.CC1COCC(C)N1. The molecule has 2 atom stereocenters. The fourth-order valence-electron chi connectivity index (χ4n) is 1.00. The Morgan fingerprint density at radius 2 is 1.67 bits per heavy atom. The summed E-state index contributed by atoms with van der Waals surface area (Å²) in [7, 11) is 0. The summed E-state index contributed by atoms with van der Waals surface area (Å²) in [6, 6.07) is 1.08. The van der Waals surface area contributed by atoms with E-state index in [1.54, 1.807) is 0 Å². The molecule has 9 heavy (non-hydrogen) atoms. The number of rotatable bonds is 0. The highest BCUT2D eigenvalue weighted by Crippen LogP contribution is 1.96. The van der Waals surface area contributed by atoms with Gasteiger partial charge >= 0.3 is 0 Å². The Balaban J connectivity index is 0.000000640. The molecule has 0 aromatic carbocycles. The third-order valence-electron chi connectivity index (χ3n) is 1.30. The topological polar surface area (TPSA) is 21.3 Å². The van der Waals surface area contributed by atoms with Crippen LogP contribution >= 0.6 is 0 Å². The van der Waals surface area contributed by atoms with Crippen molar-refractivity contribution in [3.8, 4) is 0 Å². The van der Waals surface area contributed by atoms with Gasteiger partial charge in [-0.25, -0.2) is 0 Å². The van der Waals surface area contributed by atoms with Crippen LogP contribution in [0.1, 0.15) is 21.3 Å². The molecule has 1 rings (SSSR count). The minimum atomic E-state index is 0. The Morgan fingerprint density at radius 3 is 1.89 bits per heavy atom. The number of ether oxygens (including phenoxy) is 1. The molecule has 1 N–H and O–H groups in total. The van der Waals surface area contributed by atoms with Gasteiger partial charge in [-0.05, 0) is 13.8 Å². The summed E-state index contributed by atoms with van der Waals surface area (Å²) in [6.07, 6.45) is 0. The Hall–Kier alpha value is -0.0800. The van der Waals surface area contributed by atoms with E-state index >= 15 is 0 Å². The third kappa shape index (κ3) is 2.82. The molecular weight excluding hydrogens is 114 g/mol. The zero-order valence-electron chi connectivity index (χ0n) is 5.48. The van der Waals surface area contributed by atoms with Crippen molar-refractivity contribution in [2.24, 2.45) is 0 Å². The van der Waals surface area contributed by atoms with Gasteiger partial charge in [-0.2, -0.15) is 0 Å². The normalized spacial score (nSPS) is 35.3. The highest BCUT2D eigenvalue weighted by molar-refractivity contribution is 4.70. The zero-order chi connectivity index (χ0) is 5.98. The van der Waals surface area contributed by atoms with Crippen molar-refractivity contribution >= 4 is 0 Å². The molecule has 1 aliphatic heterocycles. The molecule has 2 heteroatoms. The van der Waals surface area contributed by atoms with E-state index in [0.29, 0.717) is 12.1 Å². The van der Waals surface area contributed by atoms with Crippen molar-refractivity contribution in [3.05, 3.63) is 0 Å². The highest BCUT2D eigenvalue weighted by atomic mass is 16.5. The van der Waals surface area contributed by atoms with E-state index in [2.05, 4.69) is 19.2 Å². The lowest BCUT2D eigenvalue weighted by Crippen LogP contribution is -2.45. The average molecular weight is 131 g/mol. The van der Waals surface area contributed by atoms with Crippen LogP contribution in [0.15, 0.2) is 0 Å². The van der Waals surface area contributed by atoms with Crippen LogP contribution in [0.5, 0.6) is 0 Å². The van der Waals surface area contributed by atoms with Crippen molar-refractivity contribution in [1.82, 2.24) is 5.32 Å². The Kier molecular flexibility index (Phi) is 3.82. The molecule has 1 heterocycles. The molecule has 2 unspecified atom stereocenters. The van der Waals surface area contributed by atoms with Crippen LogP contribution in [0.4, 0.5) is 0 Å². The molecule has 0 aromatic heterocycles. The van der Waals surface area contributed by atoms with E-state index in [1.807, 2.05) is 0 Å². The Labute approximate surface area is 57.6 Å². The molecular formula is C7H17NO. The maximum Gasteiger partial charge on any atom is 0.0617 e. The Bertz CT molecular complexity index is 67.3. The summed E-state index contributed by atoms with van der Waals surface area (Å²) < 4.78 is 5.23. The molecule has 0 saturated carbocycles. The molecule has 0 radical (unpaired) electrons. The first-order valence-electron chi connectivity index (χ1n) is 3.13. The summed E-state index contributed by atoms with van der Waals surface area (Å²) in [6.45, 7) is 6.00. The third-order valence-corrected chi connectivity index (χ3v) is 1.30. The van der Waals surface area contributed by atoms with Crippen LogP contribution in [0.3, 0.4) is 0 Å². The van der Waals surface area contributed by atoms with Gasteiger partial charge in [0.15, 0.2) is 0 Å². The van der Waals surface area contributed by atoms with Gasteiger partial charge in [0.25, 0.3) is 0 Å². The maximum absolute atomic E-state index is 5.23. The van der Waals surface area contributed by atoms with Gasteiger partial charge in [0.2, 0.25) is 0 Å². The van der Waals surface area contributed by atoms with E-state index in [0.717, 1.165) is 13.2 Å². The summed E-state index contributed by atoms with van der Waals surface area (Å²) in [5.41, 5.74) is 0. The number of morpholine rings is 1. The molecule has 1 aliphatic rings. The van der Waals surface area contributed by atoms with E-state index in [9.17, 15) is 0 Å². The van der Waals surface area contributed by atoms with Crippen LogP contribution in [0, 0.1) is 0 Å². The first-order valence-corrected chi connectivity index (χ1v) is 3.13. The van der Waals surface area contributed by atoms with Gasteiger partial charge < -0.3 is 10.1 Å². The van der Waals surface area contributed by atoms with Crippen molar-refractivity contribution < 1.29 is 4.74 Å². The monoisotopic (exact) mass is 131 g/mol. The second-order valence-corrected chi connectivity index (χ2v) is 2.51. The molecule has 1 fully saturated rings. The average Bonchev–Trinajstić information content (AvgIpc) is 1.64. The van der Waals surface area contributed by atoms with Crippen LogP contribution < -0.4 is 5.32 Å². The fourth-order valence-corrected chi connectivity index (χ4v) is 1.00. The molecule has 0 aliphatic carbocycles. The second kappa shape index (κ2) is 3.85. The van der Waals surface area contributed by atoms with Crippen LogP contribution in [0.25, 0.3) is 0 Å². The lowest BCUT2D eigenvalue weighted by atomic mass is 10.2. The lowest BCUT2D eigenvalue weighted by Gasteiger charge is -2.25. The predicted molar refractivity (Wildman–Crippen MR) is 39.6 cm³/mol. The van der Waals surface area contributed by atoms with Crippen molar-refractivity contribution in [1.29, 1.82) is 0 Å². The Morgan fingerprint density at radius 1 is 1.22 bits per heavy atom. The molecule has 0 bridgehead atoms. The minimum absolute atomic E-state index is 0. The summed E-state index contributed by atoms with van der Waals surface area (Å²) in [5.74, 6) is 0. The molecule has 2 nitrogen and oxygen atoms in total. The van der Waals surface area contributed by atoms with Gasteiger partial charge in [0.1, 0.15) is 0 Å². The van der Waals surface area contributed by atoms with Crippen molar-refractivity contribution in [2.45, 2.75) is 33.4 Å². The maximum atomic E-state index is 5.23. The standard InChI is InChI=1S/C6H13NO.CH4/c1-5-3-8-4-6(2)7-5;/h5-7H,3-4H2,1-2H3;1H4. The minimum Gasteiger partial charge on any atom is -0.378 e. The largest absolute Gasteiger partial charge is 0.378 e. The van der Waals surface area contributed by atoms with Gasteiger partial charge in [-0.3, -0.25) is 0 Å². The number of hydrogen-bond acceptors (Lipinski definition) is 2. The van der Waals surface area contributed by atoms with Crippen LogP contribution in [-0.2, 0) is 4.74 Å². The van der Waals surface area contributed by atoms with Crippen molar-refractivity contribution in [3.63, 3.8) is 0 Å². The van der Waals surface area contributed by atoms with Crippen LogP contribution in [0.2, 0.25) is 0 Å². The van der Waals surface area contributed by atoms with Crippen molar-refractivity contribution in [2.75, 3.05) is 13.2 Å². The van der Waals surface area contributed by atoms with Crippen LogP contribution in [-0.4, -0.2) is 25.3 Å². The highest BCUT2D eigenvalue weighted by Gasteiger charge is 2.12. The molecule has 1 saturated heterocycles. The van der Waals surface area contributed by atoms with Gasteiger partial charge in [-0.15, -0.1) is 0 Å². The summed E-state index contributed by atoms with van der Waals surface area (Å²) in [4.78, 5) is 0. The van der Waals surface area contributed by atoms with E-state index < -0.39 is 0 Å². The fraction of sp³-hybridized carbons (Fsp3) is 1.00. The predicted octanol–water partition coefficient (Wildman–Crippen LogP) is 1.02. The summed E-state index contributed by atoms with van der Waals surface area (Å²) >= 11 is 0. The number of hydrogen-bond donors (Lipinski definition) is 1. The molecule has 0 spiro atoms. The molecule has 0 aromatic rings. The molecule has 0 amide bonds. The number of nitrogens with one attached hydrogen (secondary N) is 1. The van der Waals surface area contributed by atoms with Gasteiger partial charge in [0, 0.05) is 12.1 Å². The smallest absolute Gasteiger partial charge is 0.0617 e. The lowest BCUT2D eigenvalue weighted by molar-refractivity contribution is 0.0560. The van der Waals surface area contributed by atoms with E-state index in [1.165, 1.54) is 0 Å². The van der Waals surface area contributed by atoms with E-state index in [-0.39, 0.29) is 7.43 Å². The summed E-state index contributed by atoms with van der Waals surface area (Å²) in [5, 5.41) is 3.35. The molecule has 56 valence electrons. The van der Waals surface area contributed by atoms with Gasteiger partial charge in [0.05, 0.1) is 13.2 Å². The first kappa shape index (κ1) is 8.92.